The largest absolute Gasteiger partial charge is 0.484 e. The predicted molar refractivity (Wildman–Crippen MR) is 142 cm³/mol. The molecule has 182 valence electrons. The fourth-order valence-electron chi connectivity index (χ4n) is 4.29. The van der Waals surface area contributed by atoms with Crippen molar-refractivity contribution in [2.24, 2.45) is 0 Å². The number of aromatic amines is 1. The van der Waals surface area contributed by atoms with Gasteiger partial charge in [0.25, 0.3) is 0 Å². The van der Waals surface area contributed by atoms with E-state index in [1.54, 1.807) is 12.4 Å². The maximum atomic E-state index is 6.56. The minimum absolute atomic E-state index is 0.438. The summed E-state index contributed by atoms with van der Waals surface area (Å²) in [5, 5.41) is 9.90. The van der Waals surface area contributed by atoms with Crippen LogP contribution in [0.25, 0.3) is 22.2 Å². The van der Waals surface area contributed by atoms with Crippen LogP contribution in [0.2, 0.25) is 15.1 Å². The van der Waals surface area contributed by atoms with E-state index in [0.717, 1.165) is 47.6 Å². The maximum Gasteiger partial charge on any atom is 0.139 e. The van der Waals surface area contributed by atoms with Crippen molar-refractivity contribution in [3.8, 4) is 17.0 Å². The number of hydrogen-bond donors (Lipinski definition) is 1. The summed E-state index contributed by atoms with van der Waals surface area (Å²) >= 11 is 19.2. The molecule has 3 aromatic heterocycles. The van der Waals surface area contributed by atoms with Crippen LogP contribution in [0.1, 0.15) is 30.6 Å². The van der Waals surface area contributed by atoms with Crippen LogP contribution in [0, 0.1) is 0 Å². The summed E-state index contributed by atoms with van der Waals surface area (Å²) in [5.41, 5.74) is 4.36. The lowest BCUT2D eigenvalue weighted by Gasteiger charge is -2.34. The van der Waals surface area contributed by atoms with Gasteiger partial charge < -0.3 is 14.5 Å². The van der Waals surface area contributed by atoms with Crippen LogP contribution in [0.5, 0.6) is 5.75 Å². The SMILES string of the molecule is C[C@@H](Oc1cc2c(-c3cnc(N4CCC4)c(CN(C)C)c3)n[nH]c2cc1Cl)c1c(Cl)cncc1Cl. The second-order valence-electron chi connectivity index (χ2n) is 8.96. The van der Waals surface area contributed by atoms with Gasteiger partial charge in [0, 0.05) is 60.3 Å². The first-order valence-electron chi connectivity index (χ1n) is 11.3. The average Bonchev–Trinajstić information content (AvgIpc) is 3.16. The molecule has 7 nitrogen and oxygen atoms in total. The lowest BCUT2D eigenvalue weighted by atomic mass is 10.1. The molecule has 0 unspecified atom stereocenters. The van der Waals surface area contributed by atoms with E-state index in [1.165, 1.54) is 12.0 Å². The fraction of sp³-hybridized carbons (Fsp3) is 0.320. The molecule has 1 saturated heterocycles. The lowest BCUT2D eigenvalue weighted by molar-refractivity contribution is 0.227. The lowest BCUT2D eigenvalue weighted by Crippen LogP contribution is -2.38. The van der Waals surface area contributed by atoms with Crippen molar-refractivity contribution in [3.05, 3.63) is 63.0 Å². The summed E-state index contributed by atoms with van der Waals surface area (Å²) in [6, 6.07) is 5.88. The van der Waals surface area contributed by atoms with Crippen molar-refractivity contribution >= 4 is 51.5 Å². The summed E-state index contributed by atoms with van der Waals surface area (Å²) in [7, 11) is 4.12. The first-order valence-corrected chi connectivity index (χ1v) is 12.5. The van der Waals surface area contributed by atoms with Gasteiger partial charge in [0.1, 0.15) is 23.4 Å². The predicted octanol–water partition coefficient (Wildman–Crippen LogP) is 6.39. The third-order valence-electron chi connectivity index (χ3n) is 6.07. The summed E-state index contributed by atoms with van der Waals surface area (Å²) in [4.78, 5) is 13.3. The number of nitrogens with zero attached hydrogens (tertiary/aromatic N) is 5. The van der Waals surface area contributed by atoms with Gasteiger partial charge in [-0.25, -0.2) is 4.98 Å². The molecule has 1 aliphatic rings. The number of H-pyrrole nitrogens is 1. The third-order valence-corrected chi connectivity index (χ3v) is 6.97. The number of fused-ring (bicyclic) bond motifs is 1. The standard InChI is InChI=1S/C25H25Cl3N6O/c1-14(23-19(27)11-29-12-20(23)28)35-22-8-17-21(9-18(22)26)31-32-24(17)15-7-16(13-33(2)3)25(30-10-15)34-5-4-6-34/h7-12,14H,4-6,13H2,1-3H3,(H,31,32)/t14-/m1/s1. The fourth-order valence-corrected chi connectivity index (χ4v) is 5.17. The third kappa shape index (κ3) is 4.78. The van der Waals surface area contributed by atoms with Crippen molar-refractivity contribution in [3.63, 3.8) is 0 Å². The molecule has 0 aliphatic carbocycles. The Balaban J connectivity index is 1.52. The molecular weight excluding hydrogens is 507 g/mol. The van der Waals surface area contributed by atoms with E-state index in [1.807, 2.05) is 25.3 Å². The quantitative estimate of drug-likeness (QED) is 0.298. The highest BCUT2D eigenvalue weighted by molar-refractivity contribution is 6.36. The van der Waals surface area contributed by atoms with E-state index in [4.69, 9.17) is 44.5 Å². The number of hydrogen-bond acceptors (Lipinski definition) is 6. The Morgan fingerprint density at radius 2 is 1.80 bits per heavy atom. The van der Waals surface area contributed by atoms with Gasteiger partial charge >= 0.3 is 0 Å². The van der Waals surface area contributed by atoms with Crippen LogP contribution in [0.4, 0.5) is 5.82 Å². The van der Waals surface area contributed by atoms with Gasteiger partial charge in [-0.1, -0.05) is 34.8 Å². The minimum atomic E-state index is -0.438. The first kappa shape index (κ1) is 24.1. The monoisotopic (exact) mass is 530 g/mol. The second kappa shape index (κ2) is 9.82. The Kier molecular flexibility index (Phi) is 6.77. The van der Waals surface area contributed by atoms with Crippen LogP contribution in [-0.2, 0) is 6.54 Å². The summed E-state index contributed by atoms with van der Waals surface area (Å²) < 4.78 is 6.21. The number of pyridine rings is 2. The molecule has 1 atom stereocenters. The van der Waals surface area contributed by atoms with Gasteiger partial charge in [0.15, 0.2) is 0 Å². The number of benzene rings is 1. The first-order chi connectivity index (χ1) is 16.8. The molecule has 0 radical (unpaired) electrons. The zero-order valence-corrected chi connectivity index (χ0v) is 21.9. The molecular formula is C25H25Cl3N6O. The molecule has 10 heteroatoms. The van der Waals surface area contributed by atoms with Crippen LogP contribution in [-0.4, -0.2) is 52.3 Å². The number of halogens is 3. The Hall–Kier alpha value is -2.58. The highest BCUT2D eigenvalue weighted by atomic mass is 35.5. The molecule has 1 aliphatic heterocycles. The molecule has 1 aromatic carbocycles. The second-order valence-corrected chi connectivity index (χ2v) is 10.2. The molecule has 0 amide bonds. The number of nitrogens with one attached hydrogen (secondary N) is 1. The molecule has 0 bridgehead atoms. The topological polar surface area (TPSA) is 70.2 Å². The van der Waals surface area contributed by atoms with Crippen molar-refractivity contribution in [2.45, 2.75) is 26.0 Å². The van der Waals surface area contributed by atoms with Crippen LogP contribution in [0.3, 0.4) is 0 Å². The van der Waals surface area contributed by atoms with Gasteiger partial charge in [-0.2, -0.15) is 5.10 Å². The normalized spacial score (nSPS) is 14.4. The van der Waals surface area contributed by atoms with E-state index in [9.17, 15) is 0 Å². The van der Waals surface area contributed by atoms with Crippen molar-refractivity contribution < 1.29 is 4.74 Å². The summed E-state index contributed by atoms with van der Waals surface area (Å²) in [6.07, 6.45) is 5.74. The van der Waals surface area contributed by atoms with Crippen LogP contribution >= 0.6 is 34.8 Å². The van der Waals surface area contributed by atoms with Crippen LogP contribution in [0.15, 0.2) is 36.8 Å². The molecule has 0 saturated carbocycles. The molecule has 5 rings (SSSR count). The van der Waals surface area contributed by atoms with Crippen molar-refractivity contribution in [1.82, 2.24) is 25.1 Å². The molecule has 1 fully saturated rings. The Bertz CT molecular complexity index is 1370. The molecule has 1 N–H and O–H groups in total. The van der Waals surface area contributed by atoms with E-state index in [-0.39, 0.29) is 0 Å². The van der Waals surface area contributed by atoms with Gasteiger partial charge in [0.2, 0.25) is 0 Å². The zero-order valence-electron chi connectivity index (χ0n) is 19.6. The van der Waals surface area contributed by atoms with Gasteiger partial charge in [-0.15, -0.1) is 0 Å². The van der Waals surface area contributed by atoms with E-state index in [2.05, 4.69) is 45.1 Å². The molecule has 35 heavy (non-hydrogen) atoms. The number of ether oxygens (including phenoxy) is 1. The van der Waals surface area contributed by atoms with Gasteiger partial charge in [-0.3, -0.25) is 10.1 Å². The molecule has 4 heterocycles. The summed E-state index contributed by atoms with van der Waals surface area (Å²) in [6.45, 7) is 4.75. The smallest absolute Gasteiger partial charge is 0.139 e. The van der Waals surface area contributed by atoms with E-state index >= 15 is 0 Å². The Morgan fingerprint density at radius 3 is 2.46 bits per heavy atom. The zero-order chi connectivity index (χ0) is 24.7. The summed E-state index contributed by atoms with van der Waals surface area (Å²) in [5.74, 6) is 1.55. The number of anilines is 1. The number of rotatable bonds is 7. The maximum absolute atomic E-state index is 6.56. The average molecular weight is 532 g/mol. The van der Waals surface area contributed by atoms with Crippen molar-refractivity contribution in [2.75, 3.05) is 32.1 Å². The molecule has 0 spiro atoms. The van der Waals surface area contributed by atoms with Gasteiger partial charge in [-0.05, 0) is 45.6 Å². The van der Waals surface area contributed by atoms with E-state index < -0.39 is 6.10 Å². The Labute approximate surface area is 219 Å². The number of aromatic nitrogens is 4. The highest BCUT2D eigenvalue weighted by Crippen LogP contribution is 2.39. The van der Waals surface area contributed by atoms with Crippen LogP contribution < -0.4 is 9.64 Å². The minimum Gasteiger partial charge on any atom is -0.484 e. The van der Waals surface area contributed by atoms with Crippen molar-refractivity contribution in [1.29, 1.82) is 0 Å². The van der Waals surface area contributed by atoms with Gasteiger partial charge in [0.05, 0.1) is 20.6 Å². The van der Waals surface area contributed by atoms with E-state index in [0.29, 0.717) is 26.4 Å². The Morgan fingerprint density at radius 1 is 1.06 bits per heavy atom. The highest BCUT2D eigenvalue weighted by Gasteiger charge is 2.22. The molecule has 4 aromatic rings.